The van der Waals surface area contributed by atoms with Crippen LogP contribution in [0.4, 0.5) is 5.69 Å². The Morgan fingerprint density at radius 3 is 2.39 bits per heavy atom. The summed E-state index contributed by atoms with van der Waals surface area (Å²) in [6.45, 7) is 3.88. The second-order valence-corrected chi connectivity index (χ2v) is 5.11. The number of nitriles is 2. The van der Waals surface area contributed by atoms with Gasteiger partial charge in [-0.05, 0) is 54.8 Å². The van der Waals surface area contributed by atoms with Gasteiger partial charge in [0.1, 0.15) is 11.6 Å². The molecule has 23 heavy (non-hydrogen) atoms. The maximum atomic E-state index is 12.3. The van der Waals surface area contributed by atoms with E-state index in [1.165, 1.54) is 6.08 Å². The zero-order valence-corrected chi connectivity index (χ0v) is 12.9. The molecular formula is C19H15N3O. The highest BCUT2D eigenvalue weighted by Gasteiger charge is 2.11. The minimum absolute atomic E-state index is 0.00983. The molecule has 0 fully saturated rings. The van der Waals surface area contributed by atoms with Crippen molar-refractivity contribution < 1.29 is 4.79 Å². The Morgan fingerprint density at radius 1 is 1.09 bits per heavy atom. The van der Waals surface area contributed by atoms with Gasteiger partial charge in [-0.25, -0.2) is 0 Å². The van der Waals surface area contributed by atoms with Gasteiger partial charge in [0.05, 0.1) is 11.6 Å². The predicted molar refractivity (Wildman–Crippen MR) is 89.3 cm³/mol. The third kappa shape index (κ3) is 3.84. The summed E-state index contributed by atoms with van der Waals surface area (Å²) in [6.07, 6.45) is 1.50. The van der Waals surface area contributed by atoms with E-state index >= 15 is 0 Å². The average Bonchev–Trinajstić information content (AvgIpc) is 2.57. The second-order valence-electron chi connectivity index (χ2n) is 5.11. The van der Waals surface area contributed by atoms with Crippen LogP contribution in [0.15, 0.2) is 48.0 Å². The predicted octanol–water partition coefficient (Wildman–Crippen LogP) is 3.72. The van der Waals surface area contributed by atoms with Gasteiger partial charge in [0.2, 0.25) is 0 Å². The Hall–Kier alpha value is -3.37. The van der Waals surface area contributed by atoms with E-state index < -0.39 is 5.91 Å². The van der Waals surface area contributed by atoms with E-state index in [9.17, 15) is 10.1 Å². The van der Waals surface area contributed by atoms with Crippen LogP contribution in [-0.4, -0.2) is 5.91 Å². The van der Waals surface area contributed by atoms with Gasteiger partial charge in [0.25, 0.3) is 5.91 Å². The van der Waals surface area contributed by atoms with Gasteiger partial charge < -0.3 is 5.32 Å². The molecule has 0 unspecified atom stereocenters. The summed E-state index contributed by atoms with van der Waals surface area (Å²) in [6, 6.07) is 16.2. The monoisotopic (exact) mass is 301 g/mol. The fraction of sp³-hybridized carbons (Fsp3) is 0.105. The molecule has 0 saturated carbocycles. The average molecular weight is 301 g/mol. The van der Waals surface area contributed by atoms with Crippen LogP contribution in [0.3, 0.4) is 0 Å². The molecule has 0 aliphatic heterocycles. The molecule has 0 saturated heterocycles. The van der Waals surface area contributed by atoms with Crippen LogP contribution < -0.4 is 5.32 Å². The first-order chi connectivity index (χ1) is 11.0. The molecule has 2 aromatic carbocycles. The van der Waals surface area contributed by atoms with Crippen molar-refractivity contribution in [2.45, 2.75) is 13.8 Å². The van der Waals surface area contributed by atoms with E-state index in [-0.39, 0.29) is 5.57 Å². The summed E-state index contributed by atoms with van der Waals surface area (Å²) >= 11 is 0. The minimum Gasteiger partial charge on any atom is -0.321 e. The molecule has 112 valence electrons. The van der Waals surface area contributed by atoms with E-state index in [1.54, 1.807) is 30.3 Å². The number of rotatable bonds is 3. The van der Waals surface area contributed by atoms with Gasteiger partial charge in [0.15, 0.2) is 0 Å². The van der Waals surface area contributed by atoms with Crippen LogP contribution in [0.2, 0.25) is 0 Å². The lowest BCUT2D eigenvalue weighted by Gasteiger charge is -2.09. The minimum atomic E-state index is -0.453. The van der Waals surface area contributed by atoms with Crippen molar-refractivity contribution in [1.29, 1.82) is 10.5 Å². The molecule has 0 aromatic heterocycles. The summed E-state index contributed by atoms with van der Waals surface area (Å²) in [4.78, 5) is 12.3. The number of amides is 1. The van der Waals surface area contributed by atoms with Crippen molar-refractivity contribution in [3.8, 4) is 12.1 Å². The second kappa shape index (κ2) is 7.06. The topological polar surface area (TPSA) is 76.7 Å². The van der Waals surface area contributed by atoms with Crippen molar-refractivity contribution in [3.05, 3.63) is 70.3 Å². The summed E-state index contributed by atoms with van der Waals surface area (Å²) in [5.74, 6) is -0.453. The van der Waals surface area contributed by atoms with Crippen molar-refractivity contribution in [3.63, 3.8) is 0 Å². The standard InChI is InChI=1S/C19H15N3O/c1-13-4-3-5-18(14(13)2)22-19(23)17(12-21)10-15-6-8-16(11-20)9-7-15/h3-10H,1-2H3,(H,22,23)/b17-10+. The molecule has 0 bridgehead atoms. The van der Waals surface area contributed by atoms with Gasteiger partial charge in [-0.1, -0.05) is 24.3 Å². The number of hydrogen-bond acceptors (Lipinski definition) is 3. The van der Waals surface area contributed by atoms with Crippen LogP contribution in [0.5, 0.6) is 0 Å². The molecule has 4 nitrogen and oxygen atoms in total. The van der Waals surface area contributed by atoms with Gasteiger partial charge in [0, 0.05) is 5.69 Å². The van der Waals surface area contributed by atoms with Crippen molar-refractivity contribution >= 4 is 17.7 Å². The fourth-order valence-corrected chi connectivity index (χ4v) is 2.05. The summed E-state index contributed by atoms with van der Waals surface area (Å²) < 4.78 is 0. The molecule has 1 amide bonds. The highest BCUT2D eigenvalue weighted by molar-refractivity contribution is 6.10. The van der Waals surface area contributed by atoms with Crippen LogP contribution in [0, 0.1) is 36.5 Å². The van der Waals surface area contributed by atoms with Crippen molar-refractivity contribution in [2.24, 2.45) is 0 Å². The van der Waals surface area contributed by atoms with Gasteiger partial charge in [-0.2, -0.15) is 10.5 Å². The first-order valence-corrected chi connectivity index (χ1v) is 7.04. The fourth-order valence-electron chi connectivity index (χ4n) is 2.05. The van der Waals surface area contributed by atoms with Gasteiger partial charge >= 0.3 is 0 Å². The molecule has 1 N–H and O–H groups in total. The SMILES string of the molecule is Cc1cccc(NC(=O)/C(C#N)=C/c2ccc(C#N)cc2)c1C. The van der Waals surface area contributed by atoms with Gasteiger partial charge in [-0.3, -0.25) is 4.79 Å². The first kappa shape index (κ1) is 16.0. The molecule has 0 aliphatic carbocycles. The summed E-state index contributed by atoms with van der Waals surface area (Å²) in [7, 11) is 0. The van der Waals surface area contributed by atoms with Crippen LogP contribution in [-0.2, 0) is 4.79 Å². The number of nitrogens with zero attached hydrogens (tertiary/aromatic N) is 2. The summed E-state index contributed by atoms with van der Waals surface area (Å²) in [5, 5.41) is 20.8. The zero-order valence-electron chi connectivity index (χ0n) is 12.9. The van der Waals surface area contributed by atoms with Crippen LogP contribution in [0.25, 0.3) is 6.08 Å². The number of aryl methyl sites for hydroxylation is 1. The van der Waals surface area contributed by atoms with E-state index in [2.05, 4.69) is 5.32 Å². The zero-order chi connectivity index (χ0) is 16.8. The molecule has 0 heterocycles. The first-order valence-electron chi connectivity index (χ1n) is 7.04. The lowest BCUT2D eigenvalue weighted by Crippen LogP contribution is -2.14. The summed E-state index contributed by atoms with van der Waals surface area (Å²) in [5.41, 5.74) is 3.96. The third-order valence-electron chi connectivity index (χ3n) is 3.57. The Kier molecular flexibility index (Phi) is 4.92. The molecule has 2 aromatic rings. The van der Waals surface area contributed by atoms with Crippen molar-refractivity contribution in [2.75, 3.05) is 5.32 Å². The smallest absolute Gasteiger partial charge is 0.266 e. The van der Waals surface area contributed by atoms with E-state index in [1.807, 2.05) is 38.1 Å². The Bertz CT molecular complexity index is 850. The molecule has 0 radical (unpaired) electrons. The number of hydrogen-bond donors (Lipinski definition) is 1. The quantitative estimate of drug-likeness (QED) is 0.693. The normalized spacial score (nSPS) is 10.5. The van der Waals surface area contributed by atoms with Crippen LogP contribution in [0.1, 0.15) is 22.3 Å². The molecule has 0 spiro atoms. The van der Waals surface area contributed by atoms with Crippen LogP contribution >= 0.6 is 0 Å². The largest absolute Gasteiger partial charge is 0.321 e. The van der Waals surface area contributed by atoms with Gasteiger partial charge in [-0.15, -0.1) is 0 Å². The van der Waals surface area contributed by atoms with E-state index in [0.29, 0.717) is 16.8 Å². The Balaban J connectivity index is 2.24. The number of carbonyl (C=O) groups excluding carboxylic acids is 1. The number of nitrogens with one attached hydrogen (secondary N) is 1. The highest BCUT2D eigenvalue weighted by Crippen LogP contribution is 2.19. The van der Waals surface area contributed by atoms with Crippen molar-refractivity contribution in [1.82, 2.24) is 0 Å². The lowest BCUT2D eigenvalue weighted by atomic mass is 10.1. The van der Waals surface area contributed by atoms with E-state index in [0.717, 1.165) is 11.1 Å². The number of carbonyl (C=O) groups is 1. The molecule has 0 aliphatic rings. The Labute approximate surface area is 135 Å². The maximum Gasteiger partial charge on any atom is 0.266 e. The maximum absolute atomic E-state index is 12.3. The van der Waals surface area contributed by atoms with E-state index in [4.69, 9.17) is 5.26 Å². The highest BCUT2D eigenvalue weighted by atomic mass is 16.1. The molecule has 4 heteroatoms. The number of benzene rings is 2. The Morgan fingerprint density at radius 2 is 1.78 bits per heavy atom. The molecular weight excluding hydrogens is 286 g/mol. The molecule has 0 atom stereocenters. The molecule has 2 rings (SSSR count). The number of anilines is 1. The lowest BCUT2D eigenvalue weighted by molar-refractivity contribution is -0.112. The third-order valence-corrected chi connectivity index (χ3v) is 3.57.